The maximum Gasteiger partial charge on any atom is 0.0939 e. The lowest BCUT2D eigenvalue weighted by Crippen LogP contribution is -2.44. The normalized spacial score (nSPS) is 20.7. The Balaban J connectivity index is 2.42. The summed E-state index contributed by atoms with van der Waals surface area (Å²) in [5.74, 6) is 0. The molecule has 0 amide bonds. The van der Waals surface area contributed by atoms with Crippen molar-refractivity contribution in [2.24, 2.45) is 0 Å². The summed E-state index contributed by atoms with van der Waals surface area (Å²) < 4.78 is 6.02. The van der Waals surface area contributed by atoms with Gasteiger partial charge in [0.05, 0.1) is 11.7 Å². The van der Waals surface area contributed by atoms with Gasteiger partial charge in [-0.3, -0.25) is 0 Å². The van der Waals surface area contributed by atoms with Crippen molar-refractivity contribution in [2.45, 2.75) is 89.3 Å². The Bertz CT molecular complexity index is 229. The van der Waals surface area contributed by atoms with Gasteiger partial charge >= 0.3 is 0 Å². The second-order valence-corrected chi connectivity index (χ2v) is 5.85. The quantitative estimate of drug-likeness (QED) is 0.376. The molecular weight excluding hydrogens is 236 g/mol. The van der Waals surface area contributed by atoms with Gasteiger partial charge in [0.25, 0.3) is 0 Å². The van der Waals surface area contributed by atoms with Crippen LogP contribution in [0.2, 0.25) is 0 Å². The summed E-state index contributed by atoms with van der Waals surface area (Å²) >= 11 is 0. The maximum absolute atomic E-state index is 10.6. The minimum Gasteiger partial charge on any atom is -0.390 e. The molecule has 0 aromatic carbocycles. The van der Waals surface area contributed by atoms with Crippen molar-refractivity contribution in [2.75, 3.05) is 6.61 Å². The minimum atomic E-state index is -0.283. The summed E-state index contributed by atoms with van der Waals surface area (Å²) in [7, 11) is 0. The summed E-state index contributed by atoms with van der Waals surface area (Å²) in [5, 5.41) is 10.6. The molecule has 0 spiro atoms. The Hall–Kier alpha value is -0.340. The van der Waals surface area contributed by atoms with Gasteiger partial charge in [0.15, 0.2) is 0 Å². The fourth-order valence-corrected chi connectivity index (χ4v) is 3.25. The predicted octanol–water partition coefficient (Wildman–Crippen LogP) is 4.61. The molecule has 1 rings (SSSR count). The van der Waals surface area contributed by atoms with Gasteiger partial charge in [-0.05, 0) is 39.0 Å². The predicted molar refractivity (Wildman–Crippen MR) is 81.3 cm³/mol. The second kappa shape index (κ2) is 9.55. The second-order valence-electron chi connectivity index (χ2n) is 5.85. The molecule has 1 aliphatic rings. The van der Waals surface area contributed by atoms with Crippen LogP contribution in [0.25, 0.3) is 0 Å². The van der Waals surface area contributed by atoms with Crippen LogP contribution in [0.15, 0.2) is 12.7 Å². The summed E-state index contributed by atoms with van der Waals surface area (Å²) in [6.45, 7) is 6.50. The Kier molecular flexibility index (Phi) is 8.40. The Morgan fingerprint density at radius 3 is 2.42 bits per heavy atom. The standard InChI is InChI=1S/C17H32O2/c1-3-5-6-7-10-13-16(18)17(19-4-2)14-11-8-9-12-15-17/h3,16,18H,1,4-15H2,2H3. The van der Waals surface area contributed by atoms with Gasteiger partial charge in [-0.1, -0.05) is 44.6 Å². The Morgan fingerprint density at radius 2 is 1.84 bits per heavy atom. The largest absolute Gasteiger partial charge is 0.390 e. The van der Waals surface area contributed by atoms with Crippen molar-refractivity contribution < 1.29 is 9.84 Å². The van der Waals surface area contributed by atoms with Crippen molar-refractivity contribution in [1.82, 2.24) is 0 Å². The van der Waals surface area contributed by atoms with Crippen molar-refractivity contribution in [3.63, 3.8) is 0 Å². The van der Waals surface area contributed by atoms with E-state index in [1.165, 1.54) is 38.5 Å². The van der Waals surface area contributed by atoms with Gasteiger partial charge in [-0.15, -0.1) is 6.58 Å². The summed E-state index contributed by atoms with van der Waals surface area (Å²) in [5.41, 5.74) is -0.246. The van der Waals surface area contributed by atoms with Crippen LogP contribution in [0.4, 0.5) is 0 Å². The molecule has 19 heavy (non-hydrogen) atoms. The van der Waals surface area contributed by atoms with Gasteiger partial charge < -0.3 is 9.84 Å². The van der Waals surface area contributed by atoms with Crippen molar-refractivity contribution >= 4 is 0 Å². The third-order valence-electron chi connectivity index (χ3n) is 4.37. The highest BCUT2D eigenvalue weighted by molar-refractivity contribution is 4.90. The van der Waals surface area contributed by atoms with E-state index in [4.69, 9.17) is 4.74 Å². The van der Waals surface area contributed by atoms with Crippen LogP contribution in [0.1, 0.15) is 77.6 Å². The molecule has 0 aliphatic heterocycles. The number of aliphatic hydroxyl groups is 1. The third-order valence-corrected chi connectivity index (χ3v) is 4.37. The molecule has 0 saturated heterocycles. The number of allylic oxidation sites excluding steroid dienone is 1. The highest BCUT2D eigenvalue weighted by Gasteiger charge is 2.38. The average molecular weight is 268 g/mol. The van der Waals surface area contributed by atoms with Crippen LogP contribution < -0.4 is 0 Å². The number of rotatable bonds is 9. The molecule has 1 N–H and O–H groups in total. The Labute approximate surface area is 119 Å². The van der Waals surface area contributed by atoms with E-state index in [-0.39, 0.29) is 11.7 Å². The van der Waals surface area contributed by atoms with E-state index < -0.39 is 0 Å². The molecule has 1 atom stereocenters. The third kappa shape index (κ3) is 5.66. The van der Waals surface area contributed by atoms with E-state index in [2.05, 4.69) is 6.58 Å². The highest BCUT2D eigenvalue weighted by Crippen LogP contribution is 2.35. The number of aliphatic hydroxyl groups excluding tert-OH is 1. The Morgan fingerprint density at radius 1 is 1.16 bits per heavy atom. The van der Waals surface area contributed by atoms with Gasteiger partial charge in [-0.2, -0.15) is 0 Å². The number of hydrogen-bond donors (Lipinski definition) is 1. The van der Waals surface area contributed by atoms with E-state index in [1.807, 2.05) is 13.0 Å². The monoisotopic (exact) mass is 268 g/mol. The van der Waals surface area contributed by atoms with Gasteiger partial charge in [0, 0.05) is 6.61 Å². The van der Waals surface area contributed by atoms with E-state index in [1.54, 1.807) is 0 Å². The van der Waals surface area contributed by atoms with Gasteiger partial charge in [-0.25, -0.2) is 0 Å². The van der Waals surface area contributed by atoms with Crippen molar-refractivity contribution in [1.29, 1.82) is 0 Å². The fourth-order valence-electron chi connectivity index (χ4n) is 3.25. The molecule has 0 aromatic heterocycles. The molecule has 112 valence electrons. The van der Waals surface area contributed by atoms with Crippen LogP contribution >= 0.6 is 0 Å². The molecule has 0 bridgehead atoms. The molecule has 0 radical (unpaired) electrons. The van der Waals surface area contributed by atoms with E-state index in [9.17, 15) is 5.11 Å². The smallest absolute Gasteiger partial charge is 0.0939 e. The SMILES string of the molecule is C=CCCCCCC(O)C1(OCC)CCCCCC1. The van der Waals surface area contributed by atoms with Crippen LogP contribution in [-0.2, 0) is 4.74 Å². The summed E-state index contributed by atoms with van der Waals surface area (Å²) in [6, 6.07) is 0. The minimum absolute atomic E-state index is 0.246. The van der Waals surface area contributed by atoms with Crippen LogP contribution in [0.3, 0.4) is 0 Å². The topological polar surface area (TPSA) is 29.5 Å². The van der Waals surface area contributed by atoms with Gasteiger partial charge in [0.1, 0.15) is 0 Å². The molecule has 2 heteroatoms. The molecule has 1 fully saturated rings. The number of hydrogen-bond acceptors (Lipinski definition) is 2. The molecular formula is C17H32O2. The molecule has 1 saturated carbocycles. The van der Waals surface area contributed by atoms with Crippen molar-refractivity contribution in [3.8, 4) is 0 Å². The van der Waals surface area contributed by atoms with Crippen LogP contribution in [0.5, 0.6) is 0 Å². The lowest BCUT2D eigenvalue weighted by Gasteiger charge is -2.37. The molecule has 2 nitrogen and oxygen atoms in total. The zero-order valence-corrected chi connectivity index (χ0v) is 12.7. The van der Waals surface area contributed by atoms with Crippen molar-refractivity contribution in [3.05, 3.63) is 12.7 Å². The maximum atomic E-state index is 10.6. The summed E-state index contributed by atoms with van der Waals surface area (Å²) in [6.07, 6.45) is 14.2. The first-order valence-corrected chi connectivity index (χ1v) is 8.18. The molecule has 1 unspecified atom stereocenters. The van der Waals surface area contributed by atoms with Crippen LogP contribution in [0, 0.1) is 0 Å². The van der Waals surface area contributed by atoms with Gasteiger partial charge in [0.2, 0.25) is 0 Å². The summed E-state index contributed by atoms with van der Waals surface area (Å²) in [4.78, 5) is 0. The molecule has 0 heterocycles. The van der Waals surface area contributed by atoms with E-state index >= 15 is 0 Å². The first-order chi connectivity index (χ1) is 9.25. The lowest BCUT2D eigenvalue weighted by atomic mass is 9.85. The van der Waals surface area contributed by atoms with E-state index in [0.717, 1.165) is 32.1 Å². The van der Waals surface area contributed by atoms with Crippen LogP contribution in [-0.4, -0.2) is 23.4 Å². The first kappa shape index (κ1) is 16.7. The molecule has 0 aromatic rings. The zero-order chi connectivity index (χ0) is 14.0. The first-order valence-electron chi connectivity index (χ1n) is 8.18. The number of unbranched alkanes of at least 4 members (excludes halogenated alkanes) is 3. The zero-order valence-electron chi connectivity index (χ0n) is 12.7. The number of ether oxygens (including phenoxy) is 1. The molecule has 1 aliphatic carbocycles. The highest BCUT2D eigenvalue weighted by atomic mass is 16.5. The van der Waals surface area contributed by atoms with E-state index in [0.29, 0.717) is 6.61 Å². The fraction of sp³-hybridized carbons (Fsp3) is 0.882. The average Bonchev–Trinajstić information content (AvgIpc) is 2.65. The lowest BCUT2D eigenvalue weighted by molar-refractivity contribution is -0.131.